The molecule has 2 amide bonds. The number of carbonyl (C=O) groups excluding carboxylic acids is 2. The third-order valence-electron chi connectivity index (χ3n) is 4.39. The monoisotopic (exact) mass is 377 g/mol. The van der Waals surface area contributed by atoms with Crippen LogP contribution in [0.2, 0.25) is 5.02 Å². The number of halogens is 1. The summed E-state index contributed by atoms with van der Waals surface area (Å²) in [5, 5.41) is 4.55. The van der Waals surface area contributed by atoms with E-state index in [2.05, 4.69) is 5.16 Å². The third kappa shape index (κ3) is 3.59. The number of carbonyl (C=O) groups is 2. The lowest BCUT2D eigenvalue weighted by Gasteiger charge is -2.34. The third-order valence-corrected chi connectivity index (χ3v) is 4.72. The molecule has 0 spiro atoms. The van der Waals surface area contributed by atoms with Gasteiger partial charge in [-0.25, -0.2) is 0 Å². The van der Waals surface area contributed by atoms with Crippen molar-refractivity contribution < 1.29 is 18.8 Å². The Morgan fingerprint density at radius 3 is 2.50 bits per heavy atom. The number of aromatic nitrogens is 1. The van der Waals surface area contributed by atoms with E-state index in [1.54, 1.807) is 28.9 Å². The van der Waals surface area contributed by atoms with Gasteiger partial charge in [0.15, 0.2) is 0 Å². The molecular weight excluding hydrogens is 358 g/mol. The summed E-state index contributed by atoms with van der Waals surface area (Å²) >= 11 is 6.25. The van der Waals surface area contributed by atoms with Gasteiger partial charge in [0.05, 0.1) is 5.02 Å². The fourth-order valence-electron chi connectivity index (χ4n) is 2.99. The van der Waals surface area contributed by atoms with Gasteiger partial charge in [-0.15, -0.1) is 0 Å². The Morgan fingerprint density at radius 2 is 1.85 bits per heavy atom. The Labute approximate surface area is 156 Å². The van der Waals surface area contributed by atoms with Crippen LogP contribution in [-0.2, 0) is 9.53 Å². The molecular formula is C18H20ClN3O4. The lowest BCUT2D eigenvalue weighted by Crippen LogP contribution is -2.51. The molecule has 3 rings (SSSR count). The van der Waals surface area contributed by atoms with Crippen molar-refractivity contribution in [2.24, 2.45) is 0 Å². The molecule has 2 aromatic rings. The second-order valence-corrected chi connectivity index (χ2v) is 6.46. The standard InChI is InChI=1S/C18H20ClN3O4/c1-12-16(17(20-26-12)13-5-3-4-6-14(13)19)18(24)22-9-7-21(8-10-22)15(23)11-25-2/h3-6H,7-11H2,1-2H3. The van der Waals surface area contributed by atoms with E-state index in [9.17, 15) is 9.59 Å². The van der Waals surface area contributed by atoms with Gasteiger partial charge >= 0.3 is 0 Å². The van der Waals surface area contributed by atoms with Crippen LogP contribution in [0.15, 0.2) is 28.8 Å². The Kier molecular flexibility index (Phi) is 5.58. The van der Waals surface area contributed by atoms with Crippen LogP contribution in [-0.4, -0.2) is 66.7 Å². The quantitative estimate of drug-likeness (QED) is 0.816. The molecule has 2 heterocycles. The molecule has 0 unspecified atom stereocenters. The van der Waals surface area contributed by atoms with E-state index < -0.39 is 0 Å². The van der Waals surface area contributed by atoms with Crippen LogP contribution in [0.1, 0.15) is 16.1 Å². The highest BCUT2D eigenvalue weighted by molar-refractivity contribution is 6.33. The van der Waals surface area contributed by atoms with Crippen LogP contribution in [0, 0.1) is 6.92 Å². The first-order valence-electron chi connectivity index (χ1n) is 8.30. The molecule has 26 heavy (non-hydrogen) atoms. The molecule has 7 nitrogen and oxygen atoms in total. The summed E-state index contributed by atoms with van der Waals surface area (Å²) in [5.74, 6) is 0.206. The van der Waals surface area contributed by atoms with Gasteiger partial charge in [0.2, 0.25) is 5.91 Å². The average Bonchev–Trinajstić information content (AvgIpc) is 3.03. The Bertz CT molecular complexity index is 813. The molecule has 0 saturated carbocycles. The smallest absolute Gasteiger partial charge is 0.259 e. The summed E-state index contributed by atoms with van der Waals surface area (Å²) in [7, 11) is 1.49. The van der Waals surface area contributed by atoms with Crippen molar-refractivity contribution in [1.29, 1.82) is 0 Å². The Balaban J connectivity index is 1.79. The number of benzene rings is 1. The van der Waals surface area contributed by atoms with E-state index in [1.165, 1.54) is 7.11 Å². The van der Waals surface area contributed by atoms with Crippen LogP contribution in [0.5, 0.6) is 0 Å². The second-order valence-electron chi connectivity index (χ2n) is 6.05. The normalized spacial score (nSPS) is 14.6. The summed E-state index contributed by atoms with van der Waals surface area (Å²) in [6.45, 7) is 3.59. The zero-order chi connectivity index (χ0) is 18.7. The SMILES string of the molecule is COCC(=O)N1CCN(C(=O)c2c(-c3ccccc3Cl)noc2C)CC1. The van der Waals surface area contributed by atoms with Gasteiger partial charge in [-0.05, 0) is 13.0 Å². The first kappa shape index (κ1) is 18.4. The largest absolute Gasteiger partial charge is 0.375 e. The first-order chi connectivity index (χ1) is 12.5. The predicted molar refractivity (Wildman–Crippen MR) is 96.0 cm³/mol. The lowest BCUT2D eigenvalue weighted by atomic mass is 10.0. The van der Waals surface area contributed by atoms with Gasteiger partial charge in [-0.2, -0.15) is 0 Å². The van der Waals surface area contributed by atoms with Gasteiger partial charge < -0.3 is 19.1 Å². The highest BCUT2D eigenvalue weighted by Crippen LogP contribution is 2.31. The number of piperazine rings is 1. The highest BCUT2D eigenvalue weighted by Gasteiger charge is 2.30. The van der Waals surface area contributed by atoms with Crippen molar-refractivity contribution in [3.63, 3.8) is 0 Å². The summed E-state index contributed by atoms with van der Waals surface area (Å²) in [6, 6.07) is 7.20. The molecule has 0 N–H and O–H groups in total. The highest BCUT2D eigenvalue weighted by atomic mass is 35.5. The molecule has 0 aliphatic carbocycles. The molecule has 1 aliphatic rings. The van der Waals surface area contributed by atoms with Crippen molar-refractivity contribution in [2.75, 3.05) is 39.9 Å². The van der Waals surface area contributed by atoms with Crippen molar-refractivity contribution >= 4 is 23.4 Å². The number of hydrogen-bond donors (Lipinski definition) is 0. The number of nitrogens with zero attached hydrogens (tertiary/aromatic N) is 3. The number of ether oxygens (including phenoxy) is 1. The van der Waals surface area contributed by atoms with E-state index in [4.69, 9.17) is 20.9 Å². The van der Waals surface area contributed by atoms with Gasteiger partial charge in [-0.1, -0.05) is 35.0 Å². The molecule has 0 radical (unpaired) electrons. The average molecular weight is 378 g/mol. The molecule has 138 valence electrons. The van der Waals surface area contributed by atoms with Crippen molar-refractivity contribution in [3.8, 4) is 11.3 Å². The van der Waals surface area contributed by atoms with Crippen LogP contribution in [0.4, 0.5) is 0 Å². The van der Waals surface area contributed by atoms with Crippen molar-refractivity contribution in [2.45, 2.75) is 6.92 Å². The molecule has 0 bridgehead atoms. The van der Waals surface area contributed by atoms with Gasteiger partial charge in [0.1, 0.15) is 23.6 Å². The van der Waals surface area contributed by atoms with Gasteiger partial charge in [0, 0.05) is 38.9 Å². The van der Waals surface area contributed by atoms with E-state index in [1.807, 2.05) is 12.1 Å². The fraction of sp³-hybridized carbons (Fsp3) is 0.389. The number of hydrogen-bond acceptors (Lipinski definition) is 5. The number of methoxy groups -OCH3 is 1. The molecule has 1 fully saturated rings. The molecule has 1 aromatic heterocycles. The molecule has 1 aliphatic heterocycles. The number of rotatable bonds is 4. The van der Waals surface area contributed by atoms with Gasteiger partial charge in [0.25, 0.3) is 5.91 Å². The minimum absolute atomic E-state index is 0.0510. The molecule has 0 atom stereocenters. The second kappa shape index (κ2) is 7.88. The predicted octanol–water partition coefficient (Wildman–Crippen LogP) is 2.23. The Hall–Kier alpha value is -2.38. The van der Waals surface area contributed by atoms with E-state index in [-0.39, 0.29) is 18.4 Å². The maximum Gasteiger partial charge on any atom is 0.259 e. The van der Waals surface area contributed by atoms with Crippen LogP contribution >= 0.6 is 11.6 Å². The van der Waals surface area contributed by atoms with Crippen LogP contribution in [0.25, 0.3) is 11.3 Å². The van der Waals surface area contributed by atoms with Crippen molar-refractivity contribution in [1.82, 2.24) is 15.0 Å². The zero-order valence-corrected chi connectivity index (χ0v) is 15.5. The maximum atomic E-state index is 13.0. The minimum Gasteiger partial charge on any atom is -0.375 e. The number of amides is 2. The van der Waals surface area contributed by atoms with Crippen molar-refractivity contribution in [3.05, 3.63) is 40.6 Å². The molecule has 1 saturated heterocycles. The molecule has 1 aromatic carbocycles. The minimum atomic E-state index is -0.169. The van der Waals surface area contributed by atoms with E-state index in [0.717, 1.165) is 0 Å². The van der Waals surface area contributed by atoms with Crippen LogP contribution < -0.4 is 0 Å². The Morgan fingerprint density at radius 1 is 1.19 bits per heavy atom. The number of aryl methyl sites for hydroxylation is 1. The first-order valence-corrected chi connectivity index (χ1v) is 8.68. The topological polar surface area (TPSA) is 75.9 Å². The van der Waals surface area contributed by atoms with E-state index in [0.29, 0.717) is 53.8 Å². The summed E-state index contributed by atoms with van der Waals surface area (Å²) < 4.78 is 10.1. The zero-order valence-electron chi connectivity index (χ0n) is 14.7. The lowest BCUT2D eigenvalue weighted by molar-refractivity contribution is -0.136. The fourth-order valence-corrected chi connectivity index (χ4v) is 3.22. The van der Waals surface area contributed by atoms with Crippen LogP contribution in [0.3, 0.4) is 0 Å². The molecule has 8 heteroatoms. The summed E-state index contributed by atoms with van der Waals surface area (Å²) in [6.07, 6.45) is 0. The summed E-state index contributed by atoms with van der Waals surface area (Å²) in [5.41, 5.74) is 1.51. The maximum absolute atomic E-state index is 13.0. The van der Waals surface area contributed by atoms with E-state index >= 15 is 0 Å². The summed E-state index contributed by atoms with van der Waals surface area (Å²) in [4.78, 5) is 28.3. The van der Waals surface area contributed by atoms with Gasteiger partial charge in [-0.3, -0.25) is 9.59 Å².